The van der Waals surface area contributed by atoms with Crippen LogP contribution >= 0.6 is 11.6 Å². The first kappa shape index (κ1) is 32.6. The molecule has 0 bridgehead atoms. The van der Waals surface area contributed by atoms with Crippen LogP contribution in [0, 0.1) is 5.82 Å². The Labute approximate surface area is 251 Å². The summed E-state index contributed by atoms with van der Waals surface area (Å²) in [5, 5.41) is 5.04. The highest BCUT2D eigenvalue weighted by Crippen LogP contribution is 2.43. The molecule has 44 heavy (non-hydrogen) atoms. The fourth-order valence-corrected chi connectivity index (χ4v) is 4.67. The Balaban J connectivity index is 1.74. The van der Waals surface area contributed by atoms with Crippen LogP contribution in [0.2, 0.25) is 5.02 Å². The Morgan fingerprint density at radius 2 is 1.43 bits per heavy atom. The molecule has 2 N–H and O–H groups in total. The number of nitrogens with one attached hydrogen (secondary N) is 2. The smallest absolute Gasteiger partial charge is 0.341 e. The van der Waals surface area contributed by atoms with Crippen molar-refractivity contribution >= 4 is 46.4 Å². The molecular weight excluding hydrogens is 621 g/mol. The van der Waals surface area contributed by atoms with Crippen molar-refractivity contribution in [2.75, 3.05) is 23.4 Å². The van der Waals surface area contributed by atoms with Crippen LogP contribution in [-0.2, 0) is 21.9 Å². The Bertz CT molecular complexity index is 1580. The van der Waals surface area contributed by atoms with Gasteiger partial charge in [-0.3, -0.25) is 14.4 Å². The van der Waals surface area contributed by atoms with Crippen LogP contribution in [0.3, 0.4) is 0 Å². The first-order valence-corrected chi connectivity index (χ1v) is 13.2. The molecule has 1 aliphatic heterocycles. The largest absolute Gasteiger partial charge is 0.416 e. The van der Waals surface area contributed by atoms with Gasteiger partial charge in [0.25, 0.3) is 11.8 Å². The quantitative estimate of drug-likeness (QED) is 0.319. The molecule has 1 atom stereocenters. The van der Waals surface area contributed by atoms with Crippen LogP contribution in [0.1, 0.15) is 35.3 Å². The van der Waals surface area contributed by atoms with Crippen molar-refractivity contribution in [3.8, 4) is 0 Å². The lowest BCUT2D eigenvalue weighted by Gasteiger charge is -2.31. The van der Waals surface area contributed by atoms with E-state index in [9.17, 15) is 45.1 Å². The number of carbonyl (C=O) groups excluding carboxylic acids is 3. The number of rotatable bonds is 5. The third-order valence-corrected chi connectivity index (χ3v) is 7.11. The molecule has 0 unspecified atom stereocenters. The van der Waals surface area contributed by atoms with E-state index in [0.717, 1.165) is 21.9 Å². The van der Waals surface area contributed by atoms with E-state index in [1.807, 2.05) is 0 Å². The van der Waals surface area contributed by atoms with Gasteiger partial charge in [-0.2, -0.15) is 26.3 Å². The fraction of sp³-hybridized carbons (Fsp3) is 0.276. The Morgan fingerprint density at radius 3 is 1.98 bits per heavy atom. The zero-order valence-electron chi connectivity index (χ0n) is 23.2. The highest BCUT2D eigenvalue weighted by atomic mass is 35.5. The topological polar surface area (TPSA) is 81.8 Å². The molecule has 0 aliphatic carbocycles. The van der Waals surface area contributed by atoms with Gasteiger partial charge in [0.2, 0.25) is 5.91 Å². The number of hydrogen-bond donors (Lipinski definition) is 2. The number of anilines is 3. The van der Waals surface area contributed by atoms with Gasteiger partial charge in [0, 0.05) is 23.3 Å². The standard InChI is InChI=1S/C29H24ClF7N4O3/c1-27(2,39-24(42)15-4-7-19(31)8-5-15)26(44)38-21-14-41(22-9-6-18(30)13-23(22)40(3)25(21)43)20-11-16(28(32,33)34)10-17(12-20)29(35,36)37/h4-13,21H,14H2,1-3H3,(H,38,44)(H,39,42)/t21-/m1/s1. The number of hydrogen-bond acceptors (Lipinski definition) is 4. The number of amides is 3. The fourth-order valence-electron chi connectivity index (χ4n) is 4.50. The maximum atomic E-state index is 13.7. The van der Waals surface area contributed by atoms with E-state index in [1.165, 1.54) is 51.2 Å². The van der Waals surface area contributed by atoms with Crippen LogP contribution < -0.4 is 20.4 Å². The summed E-state index contributed by atoms with van der Waals surface area (Å²) in [6.07, 6.45) is -10.3. The van der Waals surface area contributed by atoms with Crippen molar-refractivity contribution in [2.24, 2.45) is 0 Å². The number of halogens is 8. The van der Waals surface area contributed by atoms with Gasteiger partial charge in [-0.1, -0.05) is 11.6 Å². The van der Waals surface area contributed by atoms with Gasteiger partial charge in [-0.05, 0) is 74.5 Å². The number of likely N-dealkylation sites (N-methyl/N-ethyl adjacent to an activating group) is 1. The van der Waals surface area contributed by atoms with Crippen LogP contribution in [0.15, 0.2) is 60.7 Å². The Kier molecular flexibility index (Phi) is 8.62. The minimum absolute atomic E-state index is 0.0209. The first-order chi connectivity index (χ1) is 20.3. The van der Waals surface area contributed by atoms with Crippen molar-refractivity contribution in [3.63, 3.8) is 0 Å². The molecule has 0 radical (unpaired) electrons. The summed E-state index contributed by atoms with van der Waals surface area (Å²) in [7, 11) is 1.30. The van der Waals surface area contributed by atoms with Gasteiger partial charge in [-0.15, -0.1) is 0 Å². The molecule has 4 rings (SSSR count). The second-order valence-electron chi connectivity index (χ2n) is 10.5. The molecule has 0 fully saturated rings. The van der Waals surface area contributed by atoms with Crippen LogP contribution in [0.4, 0.5) is 47.8 Å². The van der Waals surface area contributed by atoms with Gasteiger partial charge in [-0.25, -0.2) is 4.39 Å². The van der Waals surface area contributed by atoms with Crippen molar-refractivity contribution in [2.45, 2.75) is 37.8 Å². The van der Waals surface area contributed by atoms with E-state index in [0.29, 0.717) is 12.1 Å². The minimum Gasteiger partial charge on any atom is -0.341 e. The number of carbonyl (C=O) groups is 3. The number of benzene rings is 3. The van der Waals surface area contributed by atoms with Crippen molar-refractivity contribution in [1.82, 2.24) is 10.6 Å². The summed E-state index contributed by atoms with van der Waals surface area (Å²) in [6.45, 7) is 2.02. The molecule has 0 aromatic heterocycles. The van der Waals surface area contributed by atoms with Gasteiger partial charge in [0.05, 0.1) is 29.0 Å². The number of nitrogens with zero attached hydrogens (tertiary/aromatic N) is 2. The molecule has 7 nitrogen and oxygen atoms in total. The molecule has 1 aliphatic rings. The molecule has 3 aromatic carbocycles. The highest BCUT2D eigenvalue weighted by molar-refractivity contribution is 6.31. The van der Waals surface area contributed by atoms with E-state index in [1.54, 1.807) is 0 Å². The highest BCUT2D eigenvalue weighted by Gasteiger charge is 2.41. The van der Waals surface area contributed by atoms with Crippen molar-refractivity contribution < 1.29 is 45.1 Å². The Hall–Kier alpha value is -4.33. The zero-order valence-corrected chi connectivity index (χ0v) is 24.0. The van der Waals surface area contributed by atoms with Gasteiger partial charge in [0.1, 0.15) is 17.4 Å². The summed E-state index contributed by atoms with van der Waals surface area (Å²) >= 11 is 6.11. The van der Waals surface area contributed by atoms with Crippen LogP contribution in [0.5, 0.6) is 0 Å². The van der Waals surface area contributed by atoms with Gasteiger partial charge >= 0.3 is 12.4 Å². The molecule has 0 spiro atoms. The summed E-state index contributed by atoms with van der Waals surface area (Å²) < 4.78 is 95.5. The lowest BCUT2D eigenvalue weighted by Crippen LogP contribution is -2.60. The lowest BCUT2D eigenvalue weighted by molar-refractivity contribution is -0.143. The van der Waals surface area contributed by atoms with Crippen molar-refractivity contribution in [3.05, 3.63) is 88.2 Å². The van der Waals surface area contributed by atoms with Gasteiger partial charge in [0.15, 0.2) is 0 Å². The van der Waals surface area contributed by atoms with E-state index >= 15 is 0 Å². The zero-order chi connectivity index (χ0) is 32.8. The molecule has 3 aromatic rings. The van der Waals surface area contributed by atoms with Crippen LogP contribution in [0.25, 0.3) is 0 Å². The van der Waals surface area contributed by atoms with E-state index < -0.39 is 70.8 Å². The van der Waals surface area contributed by atoms with Crippen molar-refractivity contribution in [1.29, 1.82) is 0 Å². The summed E-state index contributed by atoms with van der Waals surface area (Å²) in [6, 6.07) is 7.90. The predicted molar refractivity (Wildman–Crippen MR) is 148 cm³/mol. The molecule has 15 heteroatoms. The van der Waals surface area contributed by atoms with E-state index in [4.69, 9.17) is 11.6 Å². The summed E-state index contributed by atoms with van der Waals surface area (Å²) in [4.78, 5) is 41.7. The molecule has 0 saturated heterocycles. The second-order valence-corrected chi connectivity index (χ2v) is 11.0. The Morgan fingerprint density at radius 1 is 0.864 bits per heavy atom. The molecule has 0 saturated carbocycles. The van der Waals surface area contributed by atoms with Gasteiger partial charge < -0.3 is 20.4 Å². The average molecular weight is 645 g/mol. The lowest BCUT2D eigenvalue weighted by atomic mass is 10.0. The number of fused-ring (bicyclic) bond motifs is 1. The number of alkyl halides is 6. The summed E-state index contributed by atoms with van der Waals surface area (Å²) in [5.74, 6) is -3.01. The third-order valence-electron chi connectivity index (χ3n) is 6.87. The molecular formula is C29H24ClF7N4O3. The second kappa shape index (κ2) is 11.6. The first-order valence-electron chi connectivity index (χ1n) is 12.8. The SMILES string of the molecule is CN1C(=O)[C@H](NC(=O)C(C)(C)NC(=O)c2ccc(F)cc2)CN(c2cc(C(F)(F)F)cc(C(F)(F)F)c2)c2ccc(Cl)cc21. The summed E-state index contributed by atoms with van der Waals surface area (Å²) in [5.41, 5.74) is -5.27. The van der Waals surface area contributed by atoms with E-state index in [2.05, 4.69) is 10.6 Å². The maximum absolute atomic E-state index is 13.7. The molecule has 3 amide bonds. The normalized spacial score (nSPS) is 15.9. The third kappa shape index (κ3) is 6.90. The van der Waals surface area contributed by atoms with Crippen LogP contribution in [-0.4, -0.2) is 42.9 Å². The maximum Gasteiger partial charge on any atom is 0.416 e. The minimum atomic E-state index is -5.14. The van der Waals surface area contributed by atoms with E-state index in [-0.39, 0.29) is 28.0 Å². The monoisotopic (exact) mass is 644 g/mol. The molecule has 234 valence electrons. The predicted octanol–water partition coefficient (Wildman–Crippen LogP) is 6.32. The average Bonchev–Trinajstić information content (AvgIpc) is 3.02. The molecule has 1 heterocycles.